The smallest absolute Gasteiger partial charge is 0.262 e. The number of ether oxygens (including phenoxy) is 2. The molecule has 0 atom stereocenters. The van der Waals surface area contributed by atoms with E-state index in [2.05, 4.69) is 15.6 Å². The molecule has 1 heterocycles. The normalized spacial score (nSPS) is 10.3. The van der Waals surface area contributed by atoms with Crippen LogP contribution < -0.4 is 20.1 Å². The Balaban J connectivity index is 1.45. The molecular weight excluding hydrogens is 373 g/mol. The number of anilines is 2. The first-order valence-corrected chi connectivity index (χ1v) is 9.14. The van der Waals surface area contributed by atoms with Gasteiger partial charge < -0.3 is 20.1 Å². The van der Waals surface area contributed by atoms with Crippen molar-refractivity contribution in [3.8, 4) is 11.5 Å². The topological polar surface area (TPSA) is 72.5 Å². The number of amides is 1. The number of hydrogen-bond acceptors (Lipinski definition) is 5. The zero-order valence-electron chi connectivity index (χ0n) is 16.0. The van der Waals surface area contributed by atoms with Crippen molar-refractivity contribution in [3.05, 3.63) is 78.2 Å². The molecule has 2 aromatic carbocycles. The van der Waals surface area contributed by atoms with Crippen LogP contribution in [0.4, 0.5) is 15.9 Å². The molecular formula is C22H22FN3O3. The van der Waals surface area contributed by atoms with Crippen LogP contribution in [0.5, 0.6) is 11.5 Å². The van der Waals surface area contributed by atoms with Crippen molar-refractivity contribution in [2.75, 3.05) is 30.9 Å². The molecule has 150 valence electrons. The van der Waals surface area contributed by atoms with E-state index < -0.39 is 0 Å². The highest BCUT2D eigenvalue weighted by atomic mass is 19.1. The Labute approximate surface area is 168 Å². The molecule has 7 heteroatoms. The number of nitrogens with one attached hydrogen (secondary N) is 2. The van der Waals surface area contributed by atoms with Crippen LogP contribution in [0.2, 0.25) is 0 Å². The number of rotatable bonds is 9. The molecule has 3 aromatic rings. The fraction of sp³-hybridized carbons (Fsp3) is 0.182. The molecule has 0 aliphatic carbocycles. The van der Waals surface area contributed by atoms with Crippen LogP contribution >= 0.6 is 0 Å². The van der Waals surface area contributed by atoms with Gasteiger partial charge >= 0.3 is 0 Å². The lowest BCUT2D eigenvalue weighted by atomic mass is 10.1. The van der Waals surface area contributed by atoms with Gasteiger partial charge in [0.25, 0.3) is 5.91 Å². The number of nitrogens with zero attached hydrogens (tertiary/aromatic N) is 1. The van der Waals surface area contributed by atoms with Gasteiger partial charge in [-0.3, -0.25) is 4.79 Å². The minimum absolute atomic E-state index is 0.150. The number of carbonyl (C=O) groups is 1. The summed E-state index contributed by atoms with van der Waals surface area (Å²) in [5.41, 5.74) is 1.21. The number of hydrogen-bond donors (Lipinski definition) is 2. The summed E-state index contributed by atoms with van der Waals surface area (Å²) in [7, 11) is 1.54. The third-order valence-corrected chi connectivity index (χ3v) is 4.13. The van der Waals surface area contributed by atoms with Crippen molar-refractivity contribution in [1.29, 1.82) is 0 Å². The minimum atomic E-state index is -0.307. The number of carbonyl (C=O) groups excluding carboxylic acids is 1. The Morgan fingerprint density at radius 1 is 1.03 bits per heavy atom. The maximum atomic E-state index is 13.6. The van der Waals surface area contributed by atoms with Crippen molar-refractivity contribution in [2.24, 2.45) is 0 Å². The van der Waals surface area contributed by atoms with Crippen LogP contribution in [0, 0.1) is 5.82 Å². The van der Waals surface area contributed by atoms with E-state index >= 15 is 0 Å². The van der Waals surface area contributed by atoms with E-state index in [0.29, 0.717) is 41.5 Å². The lowest BCUT2D eigenvalue weighted by Gasteiger charge is -2.11. The van der Waals surface area contributed by atoms with Gasteiger partial charge in [0.2, 0.25) is 0 Å². The van der Waals surface area contributed by atoms with E-state index in [1.807, 2.05) is 12.1 Å². The molecule has 0 aliphatic rings. The number of halogens is 1. The molecule has 0 radical (unpaired) electrons. The summed E-state index contributed by atoms with van der Waals surface area (Å²) >= 11 is 0. The van der Waals surface area contributed by atoms with Gasteiger partial charge in [0.05, 0.1) is 19.0 Å². The van der Waals surface area contributed by atoms with E-state index in [0.717, 1.165) is 0 Å². The van der Waals surface area contributed by atoms with Gasteiger partial charge in [0.1, 0.15) is 11.6 Å². The van der Waals surface area contributed by atoms with Crippen molar-refractivity contribution in [2.45, 2.75) is 6.42 Å². The fourth-order valence-corrected chi connectivity index (χ4v) is 2.68. The molecule has 0 bridgehead atoms. The molecule has 0 aliphatic heterocycles. The molecule has 1 aromatic heterocycles. The van der Waals surface area contributed by atoms with Crippen LogP contribution in [0.3, 0.4) is 0 Å². The van der Waals surface area contributed by atoms with Crippen LogP contribution in [0.25, 0.3) is 0 Å². The molecule has 0 saturated carbocycles. The van der Waals surface area contributed by atoms with Crippen molar-refractivity contribution < 1.29 is 18.7 Å². The zero-order valence-corrected chi connectivity index (χ0v) is 16.0. The van der Waals surface area contributed by atoms with Gasteiger partial charge in [-0.2, -0.15) is 0 Å². The van der Waals surface area contributed by atoms with Crippen LogP contribution in [0.1, 0.15) is 5.56 Å². The first-order chi connectivity index (χ1) is 14.2. The number of pyridine rings is 1. The predicted molar refractivity (Wildman–Crippen MR) is 110 cm³/mol. The highest BCUT2D eigenvalue weighted by Gasteiger charge is 2.08. The third kappa shape index (κ3) is 5.93. The summed E-state index contributed by atoms with van der Waals surface area (Å²) in [6.07, 6.45) is 2.10. The molecule has 0 fully saturated rings. The Bertz CT molecular complexity index is 948. The van der Waals surface area contributed by atoms with E-state index in [9.17, 15) is 9.18 Å². The minimum Gasteiger partial charge on any atom is -0.493 e. The van der Waals surface area contributed by atoms with Gasteiger partial charge in [-0.1, -0.05) is 30.3 Å². The lowest BCUT2D eigenvalue weighted by molar-refractivity contribution is -0.118. The highest BCUT2D eigenvalue weighted by Crippen LogP contribution is 2.25. The first kappa shape index (κ1) is 20.1. The summed E-state index contributed by atoms with van der Waals surface area (Å²) in [5.74, 6) is 1.18. The molecule has 6 nitrogen and oxygen atoms in total. The second-order valence-electron chi connectivity index (χ2n) is 6.19. The second-order valence-corrected chi connectivity index (χ2v) is 6.19. The number of benzene rings is 2. The largest absolute Gasteiger partial charge is 0.493 e. The van der Waals surface area contributed by atoms with Crippen LogP contribution in [-0.2, 0) is 11.2 Å². The standard InChI is InChI=1S/C22H22FN3O3/c1-28-19-8-4-5-9-20(19)29-15-22(27)26-17-10-11-21(25-14-17)24-13-12-16-6-2-3-7-18(16)23/h2-11,14H,12-13,15H2,1H3,(H,24,25)(H,26,27). The monoisotopic (exact) mass is 395 g/mol. The maximum Gasteiger partial charge on any atom is 0.262 e. The molecule has 2 N–H and O–H groups in total. The number of aromatic nitrogens is 1. The fourth-order valence-electron chi connectivity index (χ4n) is 2.68. The SMILES string of the molecule is COc1ccccc1OCC(=O)Nc1ccc(NCCc2ccccc2F)nc1. The molecule has 0 saturated heterocycles. The van der Waals surface area contributed by atoms with Gasteiger partial charge in [-0.25, -0.2) is 9.37 Å². The summed E-state index contributed by atoms with van der Waals surface area (Å²) in [6, 6.07) is 17.3. The summed E-state index contributed by atoms with van der Waals surface area (Å²) in [5, 5.41) is 5.85. The van der Waals surface area contributed by atoms with Crippen molar-refractivity contribution >= 4 is 17.4 Å². The summed E-state index contributed by atoms with van der Waals surface area (Å²) in [4.78, 5) is 16.3. The number of methoxy groups -OCH3 is 1. The Kier molecular flexibility index (Phi) is 7.00. The highest BCUT2D eigenvalue weighted by molar-refractivity contribution is 5.91. The Morgan fingerprint density at radius 3 is 2.52 bits per heavy atom. The first-order valence-electron chi connectivity index (χ1n) is 9.14. The van der Waals surface area contributed by atoms with E-state index in [1.54, 1.807) is 55.8 Å². The van der Waals surface area contributed by atoms with E-state index in [-0.39, 0.29) is 18.3 Å². The average molecular weight is 395 g/mol. The molecule has 3 rings (SSSR count). The molecule has 0 unspecified atom stereocenters. The molecule has 1 amide bonds. The van der Waals surface area contributed by atoms with Crippen molar-refractivity contribution in [1.82, 2.24) is 4.98 Å². The summed E-state index contributed by atoms with van der Waals surface area (Å²) < 4.78 is 24.3. The molecule has 0 spiro atoms. The van der Waals surface area contributed by atoms with Gasteiger partial charge in [0.15, 0.2) is 18.1 Å². The average Bonchev–Trinajstić information content (AvgIpc) is 2.75. The lowest BCUT2D eigenvalue weighted by Crippen LogP contribution is -2.20. The van der Waals surface area contributed by atoms with Crippen molar-refractivity contribution in [3.63, 3.8) is 0 Å². The second kappa shape index (κ2) is 10.1. The van der Waals surface area contributed by atoms with Gasteiger partial charge in [-0.15, -0.1) is 0 Å². The van der Waals surface area contributed by atoms with E-state index in [1.165, 1.54) is 6.07 Å². The van der Waals surface area contributed by atoms with Crippen LogP contribution in [-0.4, -0.2) is 31.2 Å². The predicted octanol–water partition coefficient (Wildman–Crippen LogP) is 3.90. The van der Waals surface area contributed by atoms with E-state index in [4.69, 9.17) is 9.47 Å². The summed E-state index contributed by atoms with van der Waals surface area (Å²) in [6.45, 7) is 0.398. The quantitative estimate of drug-likeness (QED) is 0.575. The van der Waals surface area contributed by atoms with Gasteiger partial charge in [0, 0.05) is 6.54 Å². The molecule has 29 heavy (non-hydrogen) atoms. The zero-order chi connectivity index (χ0) is 20.5. The Hall–Kier alpha value is -3.61. The van der Waals surface area contributed by atoms with Gasteiger partial charge in [-0.05, 0) is 42.3 Å². The van der Waals surface area contributed by atoms with Crippen LogP contribution in [0.15, 0.2) is 66.9 Å². The Morgan fingerprint density at radius 2 is 1.79 bits per heavy atom. The third-order valence-electron chi connectivity index (χ3n) is 4.13. The number of para-hydroxylation sites is 2. The maximum absolute atomic E-state index is 13.6.